The average molecular weight is 715 g/mol. The number of aromatic nitrogens is 4. The molecule has 0 saturated heterocycles. The van der Waals surface area contributed by atoms with E-state index in [2.05, 4.69) is 203 Å². The third-order valence-electron chi connectivity index (χ3n) is 11.1. The van der Waals surface area contributed by atoms with E-state index in [1.165, 1.54) is 66.0 Å². The Balaban J connectivity index is 0.946. The van der Waals surface area contributed by atoms with Crippen molar-refractivity contribution in [2.24, 2.45) is 0 Å². The van der Waals surface area contributed by atoms with Crippen LogP contribution in [-0.2, 0) is 0 Å². The number of hydrogen-bond donors (Lipinski definition) is 0. The van der Waals surface area contributed by atoms with Crippen molar-refractivity contribution in [2.45, 2.75) is 0 Å². The van der Waals surface area contributed by atoms with Gasteiger partial charge in [-0.05, 0) is 87.5 Å². The predicted molar refractivity (Wildman–Crippen MR) is 232 cm³/mol. The minimum absolute atomic E-state index is 0.649. The molecule has 0 unspecified atom stereocenters. The molecular formula is C52H34N4. The van der Waals surface area contributed by atoms with Crippen LogP contribution < -0.4 is 0 Å². The van der Waals surface area contributed by atoms with Gasteiger partial charge in [-0.15, -0.1) is 0 Å². The Morgan fingerprint density at radius 1 is 0.268 bits per heavy atom. The molecule has 0 radical (unpaired) electrons. The lowest BCUT2D eigenvalue weighted by Crippen LogP contribution is -2.00. The van der Waals surface area contributed by atoms with Crippen LogP contribution in [0.1, 0.15) is 0 Å². The summed E-state index contributed by atoms with van der Waals surface area (Å²) in [5.41, 5.74) is 14.9. The van der Waals surface area contributed by atoms with Gasteiger partial charge in [0.15, 0.2) is 0 Å². The van der Waals surface area contributed by atoms with E-state index < -0.39 is 0 Å². The second kappa shape index (κ2) is 13.1. The van der Waals surface area contributed by atoms with E-state index in [4.69, 9.17) is 9.97 Å². The first-order chi connectivity index (χ1) is 27.8. The molecule has 3 heterocycles. The average Bonchev–Trinajstić information content (AvgIpc) is 3.79. The number of fused-ring (bicyclic) bond motifs is 6. The van der Waals surface area contributed by atoms with Crippen molar-refractivity contribution in [3.05, 3.63) is 207 Å². The molecule has 4 heteroatoms. The third-order valence-corrected chi connectivity index (χ3v) is 11.1. The normalized spacial score (nSPS) is 11.6. The van der Waals surface area contributed by atoms with Gasteiger partial charge < -0.3 is 4.57 Å². The molecule has 0 aliphatic carbocycles. The maximum atomic E-state index is 4.95. The molecule has 11 aromatic rings. The number of benzene rings is 8. The first-order valence-electron chi connectivity index (χ1n) is 19.0. The highest BCUT2D eigenvalue weighted by atomic mass is 15.1. The number of nitrogens with zero attached hydrogens (tertiary/aromatic N) is 4. The molecule has 0 aliphatic heterocycles. The smallest absolute Gasteiger partial charge is 0.234 e. The molecule has 3 aromatic heterocycles. The monoisotopic (exact) mass is 714 g/mol. The van der Waals surface area contributed by atoms with E-state index in [9.17, 15) is 0 Å². The van der Waals surface area contributed by atoms with Crippen LogP contribution in [0.4, 0.5) is 0 Å². The summed E-state index contributed by atoms with van der Waals surface area (Å²) in [4.78, 5) is 9.89. The lowest BCUT2D eigenvalue weighted by Gasteiger charge is -2.10. The van der Waals surface area contributed by atoms with Crippen molar-refractivity contribution < 1.29 is 0 Å². The van der Waals surface area contributed by atoms with E-state index in [1.807, 2.05) is 12.4 Å². The van der Waals surface area contributed by atoms with Gasteiger partial charge in [-0.1, -0.05) is 146 Å². The first-order valence-corrected chi connectivity index (χ1v) is 19.0. The van der Waals surface area contributed by atoms with Gasteiger partial charge >= 0.3 is 0 Å². The Hall–Kier alpha value is -7.56. The Labute approximate surface area is 324 Å². The standard InChI is InChI=1S/C52H34N4/c1-3-12-35(13-4-1)38-14-11-15-39(30-38)36-22-24-37(25-23-36)42-33-53-52(54-34-42)56-49-21-10-8-19-45(49)47-31-40(27-29-50(47)56)41-26-28-46-44-18-7-9-20-48(44)55(51(46)32-41)43-16-5-2-6-17-43/h1-34H. The Kier molecular flexibility index (Phi) is 7.46. The van der Waals surface area contributed by atoms with Gasteiger partial charge in [-0.2, -0.15) is 0 Å². The van der Waals surface area contributed by atoms with Crippen molar-refractivity contribution in [3.8, 4) is 56.1 Å². The molecule has 8 aromatic carbocycles. The second-order valence-electron chi connectivity index (χ2n) is 14.3. The summed E-state index contributed by atoms with van der Waals surface area (Å²) < 4.78 is 4.55. The van der Waals surface area contributed by atoms with Gasteiger partial charge in [0.1, 0.15) is 0 Å². The molecule has 0 N–H and O–H groups in total. The minimum Gasteiger partial charge on any atom is -0.309 e. The first kappa shape index (κ1) is 31.9. The van der Waals surface area contributed by atoms with Gasteiger partial charge in [-0.3, -0.25) is 4.57 Å². The molecule has 0 bridgehead atoms. The van der Waals surface area contributed by atoms with Crippen molar-refractivity contribution in [1.29, 1.82) is 0 Å². The highest BCUT2D eigenvalue weighted by molar-refractivity contribution is 6.12. The van der Waals surface area contributed by atoms with Crippen LogP contribution in [0, 0.1) is 0 Å². The molecule has 56 heavy (non-hydrogen) atoms. The molecular weight excluding hydrogens is 681 g/mol. The topological polar surface area (TPSA) is 35.6 Å². The van der Waals surface area contributed by atoms with E-state index in [-0.39, 0.29) is 0 Å². The molecule has 0 saturated carbocycles. The quantitative estimate of drug-likeness (QED) is 0.172. The molecule has 0 amide bonds. The summed E-state index contributed by atoms with van der Waals surface area (Å²) in [5.74, 6) is 0.649. The van der Waals surface area contributed by atoms with Crippen LogP contribution in [0.25, 0.3) is 99.8 Å². The maximum absolute atomic E-state index is 4.95. The highest BCUT2D eigenvalue weighted by Crippen LogP contribution is 2.38. The molecule has 0 atom stereocenters. The Morgan fingerprint density at radius 3 is 1.45 bits per heavy atom. The maximum Gasteiger partial charge on any atom is 0.234 e. The van der Waals surface area contributed by atoms with Crippen molar-refractivity contribution in [1.82, 2.24) is 19.1 Å². The summed E-state index contributed by atoms with van der Waals surface area (Å²) in [6, 6.07) is 69.3. The molecule has 0 aliphatic rings. The van der Waals surface area contributed by atoms with Crippen molar-refractivity contribution in [2.75, 3.05) is 0 Å². The fourth-order valence-electron chi connectivity index (χ4n) is 8.32. The zero-order valence-electron chi connectivity index (χ0n) is 30.4. The minimum atomic E-state index is 0.649. The summed E-state index contributed by atoms with van der Waals surface area (Å²) in [7, 11) is 0. The highest BCUT2D eigenvalue weighted by Gasteiger charge is 2.17. The van der Waals surface area contributed by atoms with Crippen LogP contribution in [0.5, 0.6) is 0 Å². The van der Waals surface area contributed by atoms with E-state index in [0.29, 0.717) is 5.95 Å². The Morgan fingerprint density at radius 2 is 0.732 bits per heavy atom. The SMILES string of the molecule is c1ccc(-c2cccc(-c3ccc(-c4cnc(-n5c6ccccc6c6cc(-c7ccc8c9ccccc9n(-c9ccccc9)c8c7)ccc65)nc4)cc3)c2)cc1. The molecule has 11 rings (SSSR count). The van der Waals surface area contributed by atoms with Gasteiger partial charge in [0.25, 0.3) is 0 Å². The number of hydrogen-bond acceptors (Lipinski definition) is 2. The van der Waals surface area contributed by atoms with Crippen LogP contribution in [0.2, 0.25) is 0 Å². The van der Waals surface area contributed by atoms with E-state index >= 15 is 0 Å². The fraction of sp³-hybridized carbons (Fsp3) is 0. The van der Waals surface area contributed by atoms with E-state index in [0.717, 1.165) is 27.8 Å². The molecule has 0 spiro atoms. The van der Waals surface area contributed by atoms with Gasteiger partial charge in [0.05, 0.1) is 22.1 Å². The van der Waals surface area contributed by atoms with Crippen LogP contribution in [0.15, 0.2) is 207 Å². The summed E-state index contributed by atoms with van der Waals surface area (Å²) in [6.45, 7) is 0. The lowest BCUT2D eigenvalue weighted by atomic mass is 9.98. The zero-order chi connectivity index (χ0) is 37.0. The summed E-state index contributed by atoms with van der Waals surface area (Å²) in [6.07, 6.45) is 3.87. The third kappa shape index (κ3) is 5.31. The predicted octanol–water partition coefficient (Wildman–Crippen LogP) is 13.3. The largest absolute Gasteiger partial charge is 0.309 e. The summed E-state index contributed by atoms with van der Waals surface area (Å²) >= 11 is 0. The van der Waals surface area contributed by atoms with Gasteiger partial charge in [-0.25, -0.2) is 9.97 Å². The number of rotatable bonds is 6. The van der Waals surface area contributed by atoms with E-state index in [1.54, 1.807) is 0 Å². The summed E-state index contributed by atoms with van der Waals surface area (Å²) in [5, 5.41) is 4.84. The molecule has 0 fully saturated rings. The van der Waals surface area contributed by atoms with Gasteiger partial charge in [0.2, 0.25) is 5.95 Å². The second-order valence-corrected chi connectivity index (χ2v) is 14.3. The zero-order valence-corrected chi connectivity index (χ0v) is 30.4. The molecule has 262 valence electrons. The van der Waals surface area contributed by atoms with Crippen molar-refractivity contribution >= 4 is 43.6 Å². The fourth-order valence-corrected chi connectivity index (χ4v) is 8.32. The van der Waals surface area contributed by atoms with Gasteiger partial charge in [0, 0.05) is 45.2 Å². The Bertz CT molecular complexity index is 3210. The van der Waals surface area contributed by atoms with Crippen molar-refractivity contribution in [3.63, 3.8) is 0 Å². The van der Waals surface area contributed by atoms with Crippen LogP contribution in [-0.4, -0.2) is 19.1 Å². The molecule has 4 nitrogen and oxygen atoms in total. The number of para-hydroxylation sites is 3. The van der Waals surface area contributed by atoms with Crippen LogP contribution in [0.3, 0.4) is 0 Å². The lowest BCUT2D eigenvalue weighted by molar-refractivity contribution is 0.990. The van der Waals surface area contributed by atoms with Crippen LogP contribution >= 0.6 is 0 Å².